The van der Waals surface area contributed by atoms with Crippen molar-refractivity contribution in [2.45, 2.75) is 32.4 Å². The van der Waals surface area contributed by atoms with Crippen LogP contribution >= 0.6 is 0 Å². The van der Waals surface area contributed by atoms with E-state index in [1.165, 1.54) is 24.9 Å². The molecule has 0 saturated carbocycles. The van der Waals surface area contributed by atoms with E-state index >= 15 is 0 Å². The highest BCUT2D eigenvalue weighted by Gasteiger charge is 2.15. The molecule has 6 nitrogen and oxygen atoms in total. The van der Waals surface area contributed by atoms with Crippen molar-refractivity contribution >= 4 is 11.7 Å². The van der Waals surface area contributed by atoms with Crippen molar-refractivity contribution in [1.82, 2.24) is 10.2 Å². The van der Waals surface area contributed by atoms with Crippen LogP contribution in [0.5, 0.6) is 11.5 Å². The van der Waals surface area contributed by atoms with Gasteiger partial charge in [-0.15, -0.1) is 0 Å². The van der Waals surface area contributed by atoms with Gasteiger partial charge in [0.1, 0.15) is 0 Å². The molecule has 0 spiro atoms. The first kappa shape index (κ1) is 18.5. The highest BCUT2D eigenvalue weighted by Crippen LogP contribution is 2.32. The Hall–Kier alpha value is -2.89. The fourth-order valence-electron chi connectivity index (χ4n) is 3.67. The van der Waals surface area contributed by atoms with E-state index in [1.54, 1.807) is 11.9 Å². The van der Waals surface area contributed by atoms with Crippen molar-refractivity contribution in [1.29, 1.82) is 0 Å². The number of fused-ring (bicyclic) bond motifs is 1. The molecular formula is C22H27N3O3. The van der Waals surface area contributed by atoms with Crippen molar-refractivity contribution in [2.75, 3.05) is 31.8 Å². The van der Waals surface area contributed by atoms with E-state index in [9.17, 15) is 4.79 Å². The molecule has 0 unspecified atom stereocenters. The van der Waals surface area contributed by atoms with E-state index in [2.05, 4.69) is 34.5 Å². The van der Waals surface area contributed by atoms with E-state index in [-0.39, 0.29) is 12.8 Å². The van der Waals surface area contributed by atoms with Crippen molar-refractivity contribution in [3.63, 3.8) is 0 Å². The minimum Gasteiger partial charge on any atom is -0.454 e. The van der Waals surface area contributed by atoms with E-state index in [1.807, 2.05) is 18.2 Å². The zero-order valence-corrected chi connectivity index (χ0v) is 16.3. The Morgan fingerprint density at radius 2 is 1.71 bits per heavy atom. The molecule has 2 aromatic rings. The van der Waals surface area contributed by atoms with Crippen LogP contribution in [0.2, 0.25) is 0 Å². The molecule has 4 rings (SSSR count). The zero-order valence-electron chi connectivity index (χ0n) is 16.3. The third kappa shape index (κ3) is 4.32. The molecule has 1 N–H and O–H groups in total. The quantitative estimate of drug-likeness (QED) is 0.857. The molecule has 2 aliphatic rings. The number of rotatable bonds is 5. The third-order valence-corrected chi connectivity index (χ3v) is 5.30. The Bertz CT molecular complexity index is 816. The van der Waals surface area contributed by atoms with Crippen molar-refractivity contribution in [3.05, 3.63) is 53.6 Å². The Morgan fingerprint density at radius 1 is 1.00 bits per heavy atom. The lowest BCUT2D eigenvalue weighted by Gasteiger charge is -2.28. The minimum absolute atomic E-state index is 0.0993. The monoisotopic (exact) mass is 381 g/mol. The number of carbonyl (C=O) groups is 1. The summed E-state index contributed by atoms with van der Waals surface area (Å²) in [5, 5.41) is 2.99. The molecule has 0 aromatic heterocycles. The lowest BCUT2D eigenvalue weighted by molar-refractivity contribution is 0.174. The number of hydrogen-bond donors (Lipinski definition) is 1. The van der Waals surface area contributed by atoms with Crippen molar-refractivity contribution in [2.24, 2.45) is 0 Å². The predicted molar refractivity (Wildman–Crippen MR) is 109 cm³/mol. The van der Waals surface area contributed by atoms with Crippen molar-refractivity contribution in [3.8, 4) is 11.5 Å². The van der Waals surface area contributed by atoms with E-state index in [0.717, 1.165) is 35.7 Å². The van der Waals surface area contributed by atoms with Gasteiger partial charge in [-0.2, -0.15) is 0 Å². The summed E-state index contributed by atoms with van der Waals surface area (Å²) in [5.74, 6) is 1.49. The van der Waals surface area contributed by atoms with E-state index < -0.39 is 0 Å². The molecule has 1 saturated heterocycles. The molecule has 2 amide bonds. The second-order valence-electron chi connectivity index (χ2n) is 7.42. The van der Waals surface area contributed by atoms with Gasteiger partial charge in [-0.25, -0.2) is 4.79 Å². The van der Waals surface area contributed by atoms with Crippen LogP contribution in [0, 0.1) is 0 Å². The minimum atomic E-state index is -0.0993. The number of nitrogens with zero attached hydrogens (tertiary/aromatic N) is 2. The lowest BCUT2D eigenvalue weighted by Crippen LogP contribution is -2.36. The maximum absolute atomic E-state index is 12.4. The van der Waals surface area contributed by atoms with Gasteiger partial charge in [0, 0.05) is 38.9 Å². The van der Waals surface area contributed by atoms with Gasteiger partial charge < -0.3 is 24.6 Å². The molecule has 1 fully saturated rings. The fourth-order valence-corrected chi connectivity index (χ4v) is 3.67. The van der Waals surface area contributed by atoms with Gasteiger partial charge >= 0.3 is 6.03 Å². The van der Waals surface area contributed by atoms with Crippen LogP contribution in [-0.4, -0.2) is 37.9 Å². The topological polar surface area (TPSA) is 54.0 Å². The van der Waals surface area contributed by atoms with Gasteiger partial charge in [-0.3, -0.25) is 0 Å². The predicted octanol–water partition coefficient (Wildman–Crippen LogP) is 3.75. The molecule has 0 bridgehead atoms. The Morgan fingerprint density at radius 3 is 2.50 bits per heavy atom. The smallest absolute Gasteiger partial charge is 0.317 e. The van der Waals surface area contributed by atoms with Crippen LogP contribution in [0.1, 0.15) is 30.4 Å². The molecule has 0 radical (unpaired) electrons. The van der Waals surface area contributed by atoms with Crippen LogP contribution in [-0.2, 0) is 13.1 Å². The molecule has 0 atom stereocenters. The van der Waals surface area contributed by atoms with Crippen LogP contribution in [0.4, 0.5) is 10.5 Å². The first-order valence-corrected chi connectivity index (χ1v) is 9.90. The maximum Gasteiger partial charge on any atom is 0.317 e. The number of hydrogen-bond acceptors (Lipinski definition) is 4. The van der Waals surface area contributed by atoms with Gasteiger partial charge in [-0.1, -0.05) is 18.2 Å². The second-order valence-corrected chi connectivity index (χ2v) is 7.42. The number of ether oxygens (including phenoxy) is 2. The Balaban J connectivity index is 1.27. The average molecular weight is 381 g/mol. The normalized spacial score (nSPS) is 15.4. The van der Waals surface area contributed by atoms with E-state index in [4.69, 9.17) is 9.47 Å². The van der Waals surface area contributed by atoms with Gasteiger partial charge in [0.2, 0.25) is 6.79 Å². The maximum atomic E-state index is 12.4. The molecule has 0 aliphatic carbocycles. The Labute approximate surface area is 166 Å². The van der Waals surface area contributed by atoms with Gasteiger partial charge in [0.05, 0.1) is 0 Å². The van der Waals surface area contributed by atoms with E-state index in [0.29, 0.717) is 13.1 Å². The molecule has 2 heterocycles. The van der Waals surface area contributed by atoms with Gasteiger partial charge in [0.15, 0.2) is 11.5 Å². The van der Waals surface area contributed by atoms with Crippen LogP contribution in [0.15, 0.2) is 42.5 Å². The number of carbonyl (C=O) groups excluding carboxylic acids is 1. The summed E-state index contributed by atoms with van der Waals surface area (Å²) in [7, 11) is 1.79. The molecular weight excluding hydrogens is 354 g/mol. The first-order valence-electron chi connectivity index (χ1n) is 9.90. The second kappa shape index (κ2) is 8.42. The number of piperidine rings is 1. The molecule has 6 heteroatoms. The summed E-state index contributed by atoms with van der Waals surface area (Å²) in [6.07, 6.45) is 3.88. The molecule has 2 aromatic carbocycles. The standard InChI is InChI=1S/C22H27N3O3/c1-24(15-18-7-10-20-21(13-18)28-16-27-20)22(26)23-14-17-5-8-19(9-6-17)25-11-3-2-4-12-25/h5-10,13H,2-4,11-12,14-16H2,1H3,(H,23,26). The average Bonchev–Trinajstić information content (AvgIpc) is 3.21. The highest BCUT2D eigenvalue weighted by atomic mass is 16.7. The third-order valence-electron chi connectivity index (χ3n) is 5.30. The largest absolute Gasteiger partial charge is 0.454 e. The summed E-state index contributed by atoms with van der Waals surface area (Å²) in [5.41, 5.74) is 3.38. The fraction of sp³-hybridized carbons (Fsp3) is 0.409. The van der Waals surface area contributed by atoms with Crippen LogP contribution in [0.25, 0.3) is 0 Å². The van der Waals surface area contributed by atoms with Crippen molar-refractivity contribution < 1.29 is 14.3 Å². The highest BCUT2D eigenvalue weighted by molar-refractivity contribution is 5.74. The summed E-state index contributed by atoms with van der Waals surface area (Å²) < 4.78 is 10.7. The number of anilines is 1. The molecule has 148 valence electrons. The summed E-state index contributed by atoms with van der Waals surface area (Å²) >= 11 is 0. The molecule has 28 heavy (non-hydrogen) atoms. The summed E-state index contributed by atoms with van der Waals surface area (Å²) in [6.45, 7) is 3.56. The SMILES string of the molecule is CN(Cc1ccc2c(c1)OCO2)C(=O)NCc1ccc(N2CCCCC2)cc1. The lowest BCUT2D eigenvalue weighted by atomic mass is 10.1. The summed E-state index contributed by atoms with van der Waals surface area (Å²) in [4.78, 5) is 16.5. The van der Waals surface area contributed by atoms with Gasteiger partial charge in [0.25, 0.3) is 0 Å². The zero-order chi connectivity index (χ0) is 19.3. The molecule has 2 aliphatic heterocycles. The Kier molecular flexibility index (Phi) is 5.55. The first-order chi connectivity index (χ1) is 13.7. The number of urea groups is 1. The van der Waals surface area contributed by atoms with Gasteiger partial charge in [-0.05, 0) is 54.7 Å². The van der Waals surface area contributed by atoms with Crippen LogP contribution < -0.4 is 19.7 Å². The number of amides is 2. The van der Waals surface area contributed by atoms with Crippen LogP contribution in [0.3, 0.4) is 0 Å². The number of benzene rings is 2. The number of nitrogens with one attached hydrogen (secondary N) is 1. The summed E-state index contributed by atoms with van der Waals surface area (Å²) in [6, 6.07) is 14.2.